The Morgan fingerprint density at radius 2 is 2.11 bits per heavy atom. The molecule has 0 atom stereocenters. The molecule has 5 heteroatoms. The maximum Gasteiger partial charge on any atom is 0.208 e. The van der Waals surface area contributed by atoms with Crippen molar-refractivity contribution in [2.24, 2.45) is 0 Å². The summed E-state index contributed by atoms with van der Waals surface area (Å²) in [6.07, 6.45) is 0. The Morgan fingerprint density at radius 1 is 1.42 bits per heavy atom. The van der Waals surface area contributed by atoms with Crippen LogP contribution in [0.3, 0.4) is 0 Å². The number of rotatable bonds is 3. The first-order valence-corrected chi connectivity index (χ1v) is 7.63. The lowest BCUT2D eigenvalue weighted by molar-refractivity contribution is 0.103. The number of hydrogen-bond donors (Lipinski definition) is 0. The van der Waals surface area contributed by atoms with Crippen LogP contribution in [0.1, 0.15) is 26.4 Å². The van der Waals surface area contributed by atoms with Gasteiger partial charge in [0.1, 0.15) is 5.75 Å². The van der Waals surface area contributed by atoms with Crippen molar-refractivity contribution in [3.63, 3.8) is 0 Å². The molecule has 0 saturated heterocycles. The number of carbonyl (C=O) groups is 1. The van der Waals surface area contributed by atoms with Gasteiger partial charge in [0.2, 0.25) is 5.78 Å². The lowest BCUT2D eigenvalue weighted by Crippen LogP contribution is -2.07. The fourth-order valence-electron chi connectivity index (χ4n) is 1.96. The van der Waals surface area contributed by atoms with Crippen molar-refractivity contribution in [3.05, 3.63) is 48.6 Å². The van der Waals surface area contributed by atoms with Crippen LogP contribution in [0.5, 0.6) is 5.75 Å². The summed E-state index contributed by atoms with van der Waals surface area (Å²) in [4.78, 5) is 13.2. The van der Waals surface area contributed by atoms with Gasteiger partial charge in [-0.25, -0.2) is 0 Å². The number of ketones is 1. The number of halogens is 2. The minimum atomic E-state index is -0.0984. The van der Waals surface area contributed by atoms with Crippen molar-refractivity contribution in [1.82, 2.24) is 0 Å². The Kier molecular flexibility index (Phi) is 4.33. The molecule has 100 valence electrons. The maximum absolute atomic E-state index is 12.7. The predicted octanol–water partition coefficient (Wildman–Crippen LogP) is 5.02. The zero-order valence-electron chi connectivity index (χ0n) is 10.7. The van der Waals surface area contributed by atoms with E-state index in [1.807, 2.05) is 25.3 Å². The quantitative estimate of drug-likeness (QED) is 0.719. The molecule has 2 aromatic rings. The van der Waals surface area contributed by atoms with Crippen LogP contribution in [0.2, 0.25) is 5.02 Å². The fraction of sp³-hybridized carbons (Fsp3) is 0.214. The van der Waals surface area contributed by atoms with Gasteiger partial charge in [0.25, 0.3) is 0 Å². The standard InChI is InChI=1S/C14H12BrClO2S/c1-7-6-9(15)8(2)11(13(7)18-3)12(17)14-10(16)4-5-19-14/h4-6H,1-3H3. The Bertz CT molecular complexity index is 649. The Labute approximate surface area is 129 Å². The van der Waals surface area contributed by atoms with Crippen LogP contribution in [-0.2, 0) is 0 Å². The van der Waals surface area contributed by atoms with Crippen molar-refractivity contribution >= 4 is 44.7 Å². The summed E-state index contributed by atoms with van der Waals surface area (Å²) in [7, 11) is 1.57. The molecule has 19 heavy (non-hydrogen) atoms. The number of thiophene rings is 1. The molecule has 1 heterocycles. The average Bonchev–Trinajstić information content (AvgIpc) is 2.79. The molecule has 0 saturated carbocycles. The normalized spacial score (nSPS) is 10.6. The molecule has 2 rings (SSSR count). The van der Waals surface area contributed by atoms with Gasteiger partial charge in [0.15, 0.2) is 0 Å². The highest BCUT2D eigenvalue weighted by Gasteiger charge is 2.23. The van der Waals surface area contributed by atoms with Gasteiger partial charge in [0.05, 0.1) is 22.6 Å². The molecule has 0 aliphatic heterocycles. The number of aryl methyl sites for hydroxylation is 1. The highest BCUT2D eigenvalue weighted by Crippen LogP contribution is 2.36. The van der Waals surface area contributed by atoms with Crippen LogP contribution in [-0.4, -0.2) is 12.9 Å². The van der Waals surface area contributed by atoms with Crippen LogP contribution in [0.25, 0.3) is 0 Å². The van der Waals surface area contributed by atoms with E-state index in [4.69, 9.17) is 16.3 Å². The van der Waals surface area contributed by atoms with E-state index >= 15 is 0 Å². The molecule has 1 aromatic carbocycles. The van der Waals surface area contributed by atoms with E-state index in [1.54, 1.807) is 13.2 Å². The first-order valence-electron chi connectivity index (χ1n) is 5.58. The Morgan fingerprint density at radius 3 is 2.63 bits per heavy atom. The van der Waals surface area contributed by atoms with E-state index < -0.39 is 0 Å². The minimum Gasteiger partial charge on any atom is -0.496 e. The monoisotopic (exact) mass is 358 g/mol. The molecule has 0 radical (unpaired) electrons. The predicted molar refractivity (Wildman–Crippen MR) is 82.9 cm³/mol. The van der Waals surface area contributed by atoms with Gasteiger partial charge in [-0.05, 0) is 42.5 Å². The lowest BCUT2D eigenvalue weighted by atomic mass is 9.99. The maximum atomic E-state index is 12.7. The number of benzene rings is 1. The van der Waals surface area contributed by atoms with Gasteiger partial charge >= 0.3 is 0 Å². The highest BCUT2D eigenvalue weighted by molar-refractivity contribution is 9.10. The van der Waals surface area contributed by atoms with Crippen LogP contribution >= 0.6 is 38.9 Å². The molecule has 0 aliphatic carbocycles. The second kappa shape index (κ2) is 5.65. The zero-order chi connectivity index (χ0) is 14.2. The van der Waals surface area contributed by atoms with Gasteiger partial charge in [0, 0.05) is 4.47 Å². The van der Waals surface area contributed by atoms with Crippen LogP contribution in [0.15, 0.2) is 22.0 Å². The summed E-state index contributed by atoms with van der Waals surface area (Å²) in [6.45, 7) is 3.80. The summed E-state index contributed by atoms with van der Waals surface area (Å²) in [5.74, 6) is 0.508. The smallest absolute Gasteiger partial charge is 0.208 e. The zero-order valence-corrected chi connectivity index (χ0v) is 13.9. The van der Waals surface area contributed by atoms with Crippen LogP contribution < -0.4 is 4.74 Å². The van der Waals surface area contributed by atoms with Gasteiger partial charge in [-0.2, -0.15) is 0 Å². The molecular weight excluding hydrogens is 348 g/mol. The molecule has 0 N–H and O–H groups in total. The van der Waals surface area contributed by atoms with E-state index in [2.05, 4.69) is 15.9 Å². The summed E-state index contributed by atoms with van der Waals surface area (Å²) < 4.78 is 6.28. The van der Waals surface area contributed by atoms with E-state index in [1.165, 1.54) is 11.3 Å². The van der Waals surface area contributed by atoms with Crippen molar-refractivity contribution in [3.8, 4) is 5.75 Å². The molecule has 0 unspecified atom stereocenters. The Balaban J connectivity index is 2.68. The summed E-state index contributed by atoms with van der Waals surface area (Å²) in [6, 6.07) is 3.67. The molecular formula is C14H12BrClO2S. The first kappa shape index (κ1) is 14.6. The van der Waals surface area contributed by atoms with E-state index in [9.17, 15) is 4.79 Å². The van der Waals surface area contributed by atoms with E-state index in [-0.39, 0.29) is 5.78 Å². The molecule has 0 bridgehead atoms. The fourth-order valence-corrected chi connectivity index (χ4v) is 3.59. The Hall–Kier alpha value is -0.840. The van der Waals surface area contributed by atoms with Crippen LogP contribution in [0, 0.1) is 13.8 Å². The molecule has 0 amide bonds. The third-order valence-electron chi connectivity index (χ3n) is 2.92. The minimum absolute atomic E-state index is 0.0984. The first-order chi connectivity index (χ1) is 8.97. The summed E-state index contributed by atoms with van der Waals surface area (Å²) in [5, 5.41) is 2.29. The molecule has 0 fully saturated rings. The largest absolute Gasteiger partial charge is 0.496 e. The third-order valence-corrected chi connectivity index (χ3v) is 5.08. The number of ether oxygens (including phenoxy) is 1. The highest BCUT2D eigenvalue weighted by atomic mass is 79.9. The van der Waals surface area contributed by atoms with Crippen molar-refractivity contribution < 1.29 is 9.53 Å². The van der Waals surface area contributed by atoms with Crippen molar-refractivity contribution in [2.45, 2.75) is 13.8 Å². The molecule has 0 spiro atoms. The second-order valence-corrected chi connectivity index (χ2v) is 6.31. The molecule has 0 aliphatic rings. The van der Waals surface area contributed by atoms with Crippen LogP contribution in [0.4, 0.5) is 0 Å². The van der Waals surface area contributed by atoms with Gasteiger partial charge in [-0.1, -0.05) is 27.5 Å². The molecule has 1 aromatic heterocycles. The summed E-state index contributed by atoms with van der Waals surface area (Å²) >= 11 is 10.9. The third kappa shape index (κ3) is 2.57. The lowest BCUT2D eigenvalue weighted by Gasteiger charge is -2.14. The number of methoxy groups -OCH3 is 1. The SMILES string of the molecule is COc1c(C)cc(Br)c(C)c1C(=O)c1sccc1Cl. The topological polar surface area (TPSA) is 26.3 Å². The molecule has 2 nitrogen and oxygen atoms in total. The van der Waals surface area contributed by atoms with Gasteiger partial charge in [-0.15, -0.1) is 11.3 Å². The number of carbonyl (C=O) groups excluding carboxylic acids is 1. The van der Waals surface area contributed by atoms with Crippen molar-refractivity contribution in [2.75, 3.05) is 7.11 Å². The average molecular weight is 360 g/mol. The number of hydrogen-bond acceptors (Lipinski definition) is 3. The van der Waals surface area contributed by atoms with E-state index in [0.717, 1.165) is 15.6 Å². The van der Waals surface area contributed by atoms with E-state index in [0.29, 0.717) is 21.2 Å². The van der Waals surface area contributed by atoms with Gasteiger partial charge < -0.3 is 4.74 Å². The van der Waals surface area contributed by atoms with Gasteiger partial charge in [-0.3, -0.25) is 4.79 Å². The summed E-state index contributed by atoms with van der Waals surface area (Å²) in [5.41, 5.74) is 2.34. The second-order valence-electron chi connectivity index (χ2n) is 4.14. The van der Waals surface area contributed by atoms with Crippen molar-refractivity contribution in [1.29, 1.82) is 0 Å².